The summed E-state index contributed by atoms with van der Waals surface area (Å²) in [5.74, 6) is 0. The zero-order valence-electron chi connectivity index (χ0n) is 8.80. The van der Waals surface area contributed by atoms with E-state index < -0.39 is 0 Å². The van der Waals surface area contributed by atoms with Gasteiger partial charge in [-0.2, -0.15) is 0 Å². The molecule has 0 unspecified atom stereocenters. The maximum Gasteiger partial charge on any atom is 0.0595 e. The van der Waals surface area contributed by atoms with E-state index in [1.165, 1.54) is 0 Å². The first-order chi connectivity index (χ1) is 7.04. The van der Waals surface area contributed by atoms with Crippen molar-refractivity contribution < 1.29 is 5.11 Å². The van der Waals surface area contributed by atoms with Crippen LogP contribution < -0.4 is 5.32 Å². The summed E-state index contributed by atoms with van der Waals surface area (Å²) < 4.78 is 0. The number of rotatable bonds is 4. The first kappa shape index (κ1) is 12.8. The molecule has 1 rings (SSSR count). The van der Waals surface area contributed by atoms with Gasteiger partial charge in [-0.15, -0.1) is 0 Å². The van der Waals surface area contributed by atoms with Gasteiger partial charge in [0.25, 0.3) is 0 Å². The molecule has 0 aliphatic carbocycles. The van der Waals surface area contributed by atoms with Crippen LogP contribution in [0.3, 0.4) is 0 Å². The second kappa shape index (κ2) is 5.71. The number of nitrogens with one attached hydrogen (secondary N) is 1. The first-order valence-electron chi connectivity index (χ1n) is 4.86. The number of halogens is 2. The summed E-state index contributed by atoms with van der Waals surface area (Å²) >= 11 is 11.7. The highest BCUT2D eigenvalue weighted by molar-refractivity contribution is 6.42. The third kappa shape index (κ3) is 3.65. The highest BCUT2D eigenvalue weighted by Gasteiger charge is 2.09. The van der Waals surface area contributed by atoms with Crippen LogP contribution in [-0.2, 0) is 0 Å². The average Bonchev–Trinajstić information content (AvgIpc) is 2.21. The summed E-state index contributed by atoms with van der Waals surface area (Å²) in [6.45, 7) is 4.06. The van der Waals surface area contributed by atoms with Crippen LogP contribution in [0.2, 0.25) is 10.0 Å². The molecule has 0 saturated carbocycles. The fourth-order valence-electron chi connectivity index (χ4n) is 1.36. The van der Waals surface area contributed by atoms with Gasteiger partial charge < -0.3 is 10.4 Å². The molecule has 15 heavy (non-hydrogen) atoms. The van der Waals surface area contributed by atoms with Gasteiger partial charge in [0.15, 0.2) is 0 Å². The van der Waals surface area contributed by atoms with Gasteiger partial charge in [-0.3, -0.25) is 0 Å². The van der Waals surface area contributed by atoms with E-state index in [9.17, 15) is 0 Å². The molecule has 0 aliphatic rings. The van der Waals surface area contributed by atoms with Crippen LogP contribution in [0.15, 0.2) is 18.2 Å². The van der Waals surface area contributed by atoms with Gasteiger partial charge in [0.05, 0.1) is 16.7 Å². The van der Waals surface area contributed by atoms with Crippen LogP contribution >= 0.6 is 23.2 Å². The Kier molecular flexibility index (Phi) is 4.87. The lowest BCUT2D eigenvalue weighted by Gasteiger charge is -2.19. The Bertz CT molecular complexity index is 330. The van der Waals surface area contributed by atoms with Gasteiger partial charge in [-0.1, -0.05) is 29.3 Å². The van der Waals surface area contributed by atoms with E-state index in [4.69, 9.17) is 28.3 Å². The molecule has 0 radical (unpaired) electrons. The number of aliphatic hydroxyl groups excluding tert-OH is 1. The van der Waals surface area contributed by atoms with Gasteiger partial charge in [0.1, 0.15) is 0 Å². The van der Waals surface area contributed by atoms with Crippen molar-refractivity contribution in [2.24, 2.45) is 0 Å². The molecule has 2 atom stereocenters. The predicted molar refractivity (Wildman–Crippen MR) is 64.6 cm³/mol. The van der Waals surface area contributed by atoms with Crippen molar-refractivity contribution in [2.45, 2.75) is 25.9 Å². The van der Waals surface area contributed by atoms with Crippen LogP contribution in [0.1, 0.15) is 25.5 Å². The minimum atomic E-state index is 0.0643. The number of hydrogen-bond acceptors (Lipinski definition) is 2. The van der Waals surface area contributed by atoms with Crippen molar-refractivity contribution in [3.63, 3.8) is 0 Å². The minimum Gasteiger partial charge on any atom is -0.395 e. The lowest BCUT2D eigenvalue weighted by atomic mass is 10.1. The SMILES string of the molecule is C[C@@H](CO)N[C@H](C)c1ccc(Cl)c(Cl)c1. The smallest absolute Gasteiger partial charge is 0.0595 e. The monoisotopic (exact) mass is 247 g/mol. The fourth-order valence-corrected chi connectivity index (χ4v) is 1.66. The molecular formula is C11H15Cl2NO. The summed E-state index contributed by atoms with van der Waals surface area (Å²) in [5.41, 5.74) is 1.06. The van der Waals surface area contributed by atoms with E-state index in [1.54, 1.807) is 6.07 Å². The molecule has 1 aromatic carbocycles. The molecular weight excluding hydrogens is 233 g/mol. The Morgan fingerprint density at radius 1 is 1.27 bits per heavy atom. The summed E-state index contributed by atoms with van der Waals surface area (Å²) in [4.78, 5) is 0. The van der Waals surface area contributed by atoms with Crippen molar-refractivity contribution in [1.29, 1.82) is 0 Å². The molecule has 2 N–H and O–H groups in total. The molecule has 0 aromatic heterocycles. The molecule has 0 bridgehead atoms. The molecule has 0 aliphatic heterocycles. The number of benzene rings is 1. The largest absolute Gasteiger partial charge is 0.395 e. The van der Waals surface area contributed by atoms with E-state index in [1.807, 2.05) is 26.0 Å². The van der Waals surface area contributed by atoms with Crippen molar-refractivity contribution >= 4 is 23.2 Å². The van der Waals surface area contributed by atoms with Crippen molar-refractivity contribution in [1.82, 2.24) is 5.32 Å². The summed E-state index contributed by atoms with van der Waals surface area (Å²) in [6, 6.07) is 5.75. The number of aliphatic hydroxyl groups is 1. The van der Waals surface area contributed by atoms with E-state index >= 15 is 0 Å². The normalized spacial score (nSPS) is 15.0. The van der Waals surface area contributed by atoms with Crippen molar-refractivity contribution in [3.8, 4) is 0 Å². The van der Waals surface area contributed by atoms with E-state index in [0.29, 0.717) is 10.0 Å². The van der Waals surface area contributed by atoms with Crippen LogP contribution in [0, 0.1) is 0 Å². The second-order valence-electron chi connectivity index (χ2n) is 3.65. The Hall–Kier alpha value is -0.280. The van der Waals surface area contributed by atoms with Gasteiger partial charge in [-0.25, -0.2) is 0 Å². The predicted octanol–water partition coefficient (Wildman–Crippen LogP) is 3.02. The van der Waals surface area contributed by atoms with Gasteiger partial charge in [0.2, 0.25) is 0 Å². The molecule has 0 amide bonds. The third-order valence-corrected chi connectivity index (χ3v) is 2.99. The average molecular weight is 248 g/mol. The fraction of sp³-hybridized carbons (Fsp3) is 0.455. The molecule has 0 spiro atoms. The van der Waals surface area contributed by atoms with Gasteiger partial charge >= 0.3 is 0 Å². The van der Waals surface area contributed by atoms with Crippen LogP contribution in [0.25, 0.3) is 0 Å². The summed E-state index contributed by atoms with van der Waals surface area (Å²) in [6.07, 6.45) is 0. The van der Waals surface area contributed by atoms with E-state index in [2.05, 4.69) is 5.32 Å². The van der Waals surface area contributed by atoms with Gasteiger partial charge in [-0.05, 0) is 31.5 Å². The van der Waals surface area contributed by atoms with Crippen molar-refractivity contribution in [3.05, 3.63) is 33.8 Å². The summed E-state index contributed by atoms with van der Waals surface area (Å²) in [7, 11) is 0. The zero-order valence-corrected chi connectivity index (χ0v) is 10.3. The standard InChI is InChI=1S/C11H15Cl2NO/c1-7(6-15)14-8(2)9-3-4-10(12)11(13)5-9/h3-5,7-8,14-15H,6H2,1-2H3/t7-,8+/m0/s1. The second-order valence-corrected chi connectivity index (χ2v) is 4.46. The number of hydrogen-bond donors (Lipinski definition) is 2. The molecule has 1 aromatic rings. The topological polar surface area (TPSA) is 32.3 Å². The summed E-state index contributed by atoms with van der Waals surface area (Å²) in [5, 5.41) is 13.3. The Morgan fingerprint density at radius 2 is 1.93 bits per heavy atom. The lowest BCUT2D eigenvalue weighted by molar-refractivity contribution is 0.243. The van der Waals surface area contributed by atoms with Crippen LogP contribution in [0.5, 0.6) is 0 Å². The first-order valence-corrected chi connectivity index (χ1v) is 5.62. The molecule has 0 fully saturated rings. The van der Waals surface area contributed by atoms with E-state index in [0.717, 1.165) is 5.56 Å². The molecule has 2 nitrogen and oxygen atoms in total. The maximum absolute atomic E-state index is 8.92. The van der Waals surface area contributed by atoms with Crippen LogP contribution in [0.4, 0.5) is 0 Å². The Balaban J connectivity index is 2.73. The Labute approximate surface area is 100 Å². The molecule has 0 heterocycles. The molecule has 0 saturated heterocycles. The Morgan fingerprint density at radius 3 is 2.47 bits per heavy atom. The van der Waals surface area contributed by atoms with Gasteiger partial charge in [0, 0.05) is 12.1 Å². The minimum absolute atomic E-state index is 0.0643. The third-order valence-electron chi connectivity index (χ3n) is 2.25. The molecule has 4 heteroatoms. The van der Waals surface area contributed by atoms with Crippen LogP contribution in [-0.4, -0.2) is 17.8 Å². The maximum atomic E-state index is 8.92. The highest BCUT2D eigenvalue weighted by Crippen LogP contribution is 2.25. The van der Waals surface area contributed by atoms with Crippen molar-refractivity contribution in [2.75, 3.05) is 6.61 Å². The quantitative estimate of drug-likeness (QED) is 0.858. The van der Waals surface area contributed by atoms with E-state index in [-0.39, 0.29) is 18.7 Å². The molecule has 84 valence electrons. The lowest BCUT2D eigenvalue weighted by Crippen LogP contribution is -2.31. The highest BCUT2D eigenvalue weighted by atomic mass is 35.5. The zero-order chi connectivity index (χ0) is 11.4.